The largest absolute Gasteiger partial charge is 0.485 e. The van der Waals surface area contributed by atoms with Gasteiger partial charge in [-0.15, -0.1) is 12.4 Å². The number of nitrogen functional groups attached to an aromatic ring is 1. The van der Waals surface area contributed by atoms with E-state index in [1.54, 1.807) is 0 Å². The second kappa shape index (κ2) is 3.85. The highest BCUT2D eigenvalue weighted by Crippen LogP contribution is 2.46. The van der Waals surface area contributed by atoms with Crippen LogP contribution in [0.2, 0.25) is 0 Å². The molecule has 0 aliphatic carbocycles. The third kappa shape index (κ3) is 2.12. The molecule has 0 fully saturated rings. The van der Waals surface area contributed by atoms with Gasteiger partial charge in [0, 0.05) is 5.56 Å². The molecule has 0 spiro atoms. The van der Waals surface area contributed by atoms with E-state index in [9.17, 15) is 0 Å². The quantitative estimate of drug-likeness (QED) is 0.706. The van der Waals surface area contributed by atoms with Crippen LogP contribution >= 0.6 is 12.4 Å². The minimum Gasteiger partial charge on any atom is -0.485 e. The summed E-state index contributed by atoms with van der Waals surface area (Å²) in [7, 11) is 0. The van der Waals surface area contributed by atoms with Gasteiger partial charge in [-0.25, -0.2) is 0 Å². The third-order valence-corrected chi connectivity index (χ3v) is 3.02. The Morgan fingerprint density at radius 3 is 2.44 bits per heavy atom. The molecule has 0 unspecified atom stereocenters. The highest BCUT2D eigenvalue weighted by molar-refractivity contribution is 5.85. The van der Waals surface area contributed by atoms with E-state index in [-0.39, 0.29) is 23.4 Å². The van der Waals surface area contributed by atoms with Crippen LogP contribution in [0.3, 0.4) is 0 Å². The van der Waals surface area contributed by atoms with Crippen LogP contribution in [0.15, 0.2) is 18.2 Å². The maximum absolute atomic E-state index is 5.96. The second-order valence-electron chi connectivity index (χ2n) is 5.65. The van der Waals surface area contributed by atoms with Crippen molar-refractivity contribution < 1.29 is 4.74 Å². The Morgan fingerprint density at radius 2 is 1.81 bits per heavy atom. The highest BCUT2D eigenvalue weighted by Gasteiger charge is 2.39. The van der Waals surface area contributed by atoms with Crippen molar-refractivity contribution in [2.75, 3.05) is 5.73 Å². The SMILES string of the molecule is CC1(C)CC(C)(C)c2cccc(N)c2O1.Cl. The topological polar surface area (TPSA) is 35.2 Å². The molecule has 0 radical (unpaired) electrons. The molecule has 1 heterocycles. The zero-order chi connectivity index (χ0) is 11.3. The standard InChI is InChI=1S/C13H19NO.ClH/c1-12(2)8-13(3,4)15-11-9(12)6-5-7-10(11)14;/h5-7H,8,14H2,1-4H3;1H. The smallest absolute Gasteiger partial charge is 0.146 e. The Balaban J connectivity index is 0.00000128. The van der Waals surface area contributed by atoms with E-state index >= 15 is 0 Å². The van der Waals surface area contributed by atoms with E-state index < -0.39 is 0 Å². The molecule has 90 valence electrons. The molecule has 1 aromatic rings. The molecule has 16 heavy (non-hydrogen) atoms. The molecule has 0 aromatic heterocycles. The van der Waals surface area contributed by atoms with E-state index in [1.807, 2.05) is 12.1 Å². The Bertz CT molecular complexity index is 399. The number of ether oxygens (including phenoxy) is 1. The van der Waals surface area contributed by atoms with Gasteiger partial charge in [0.15, 0.2) is 0 Å². The van der Waals surface area contributed by atoms with E-state index in [2.05, 4.69) is 33.8 Å². The second-order valence-corrected chi connectivity index (χ2v) is 5.65. The van der Waals surface area contributed by atoms with Crippen LogP contribution in [-0.2, 0) is 5.41 Å². The maximum Gasteiger partial charge on any atom is 0.146 e. The van der Waals surface area contributed by atoms with Gasteiger partial charge in [-0.1, -0.05) is 26.0 Å². The van der Waals surface area contributed by atoms with Gasteiger partial charge < -0.3 is 10.5 Å². The molecule has 1 aliphatic rings. The minimum absolute atomic E-state index is 0. The molecule has 2 N–H and O–H groups in total. The summed E-state index contributed by atoms with van der Waals surface area (Å²) >= 11 is 0. The van der Waals surface area contributed by atoms with Crippen LogP contribution in [0, 0.1) is 0 Å². The highest BCUT2D eigenvalue weighted by atomic mass is 35.5. The number of hydrogen-bond donors (Lipinski definition) is 1. The predicted octanol–water partition coefficient (Wildman–Crippen LogP) is 3.53. The predicted molar refractivity (Wildman–Crippen MR) is 70.5 cm³/mol. The molecule has 2 rings (SSSR count). The van der Waals surface area contributed by atoms with Crippen LogP contribution in [-0.4, -0.2) is 5.60 Å². The third-order valence-electron chi connectivity index (χ3n) is 3.02. The summed E-state index contributed by atoms with van der Waals surface area (Å²) < 4.78 is 5.96. The molecule has 0 bridgehead atoms. The van der Waals surface area contributed by atoms with Crippen molar-refractivity contribution in [3.05, 3.63) is 23.8 Å². The van der Waals surface area contributed by atoms with Crippen LogP contribution in [0.5, 0.6) is 5.75 Å². The molecular weight excluding hydrogens is 222 g/mol. The molecule has 1 aromatic carbocycles. The summed E-state index contributed by atoms with van der Waals surface area (Å²) in [4.78, 5) is 0. The van der Waals surface area contributed by atoms with Crippen LogP contribution in [0.4, 0.5) is 5.69 Å². The first-order chi connectivity index (χ1) is 6.82. The van der Waals surface area contributed by atoms with Gasteiger partial charge in [-0.2, -0.15) is 0 Å². The first-order valence-corrected chi connectivity index (χ1v) is 5.40. The number of benzene rings is 1. The van der Waals surface area contributed by atoms with E-state index in [4.69, 9.17) is 10.5 Å². The molecule has 2 nitrogen and oxygen atoms in total. The first-order valence-electron chi connectivity index (χ1n) is 5.40. The van der Waals surface area contributed by atoms with Crippen LogP contribution in [0.1, 0.15) is 39.7 Å². The van der Waals surface area contributed by atoms with Gasteiger partial charge in [0.25, 0.3) is 0 Å². The molecule has 0 saturated carbocycles. The van der Waals surface area contributed by atoms with Crippen molar-refractivity contribution in [1.29, 1.82) is 0 Å². The minimum atomic E-state index is -0.133. The van der Waals surface area contributed by atoms with Gasteiger partial charge in [-0.05, 0) is 31.7 Å². The lowest BCUT2D eigenvalue weighted by Gasteiger charge is -2.42. The fraction of sp³-hybridized carbons (Fsp3) is 0.538. The Hall–Kier alpha value is -0.890. The van der Waals surface area contributed by atoms with Crippen molar-refractivity contribution in [1.82, 2.24) is 0 Å². The number of nitrogens with two attached hydrogens (primary N) is 1. The number of rotatable bonds is 0. The number of anilines is 1. The van der Waals surface area contributed by atoms with Crippen molar-refractivity contribution in [3.63, 3.8) is 0 Å². The molecule has 1 aliphatic heterocycles. The molecule has 0 amide bonds. The first kappa shape index (κ1) is 13.2. The Kier molecular flexibility index (Phi) is 3.17. The molecular formula is C13H20ClNO. The van der Waals surface area contributed by atoms with Crippen molar-refractivity contribution in [3.8, 4) is 5.75 Å². The van der Waals surface area contributed by atoms with Crippen molar-refractivity contribution in [2.45, 2.75) is 45.1 Å². The summed E-state index contributed by atoms with van der Waals surface area (Å²) in [6.07, 6.45) is 1.01. The van der Waals surface area contributed by atoms with E-state index in [0.29, 0.717) is 0 Å². The van der Waals surface area contributed by atoms with Crippen molar-refractivity contribution in [2.24, 2.45) is 0 Å². The molecule has 0 saturated heterocycles. The van der Waals surface area contributed by atoms with Gasteiger partial charge in [0.05, 0.1) is 5.69 Å². The summed E-state index contributed by atoms with van der Waals surface area (Å²) in [5.74, 6) is 0.874. The number of halogens is 1. The molecule has 3 heteroatoms. The monoisotopic (exact) mass is 241 g/mol. The average molecular weight is 242 g/mol. The molecule has 0 atom stereocenters. The number of hydrogen-bond acceptors (Lipinski definition) is 2. The van der Waals surface area contributed by atoms with Gasteiger partial charge in [0.1, 0.15) is 11.4 Å². The lowest BCUT2D eigenvalue weighted by Crippen LogP contribution is -2.41. The van der Waals surface area contributed by atoms with Crippen LogP contribution in [0.25, 0.3) is 0 Å². The van der Waals surface area contributed by atoms with E-state index in [0.717, 1.165) is 17.9 Å². The normalized spacial score (nSPS) is 20.2. The number of para-hydroxylation sites is 1. The van der Waals surface area contributed by atoms with E-state index in [1.165, 1.54) is 5.56 Å². The van der Waals surface area contributed by atoms with Gasteiger partial charge in [-0.3, -0.25) is 0 Å². The number of fused-ring (bicyclic) bond motifs is 1. The Labute approximate surface area is 104 Å². The Morgan fingerprint density at radius 1 is 1.19 bits per heavy atom. The summed E-state index contributed by atoms with van der Waals surface area (Å²) in [6.45, 7) is 8.72. The maximum atomic E-state index is 5.96. The fourth-order valence-electron chi connectivity index (χ4n) is 2.67. The average Bonchev–Trinajstić information content (AvgIpc) is 2.04. The summed E-state index contributed by atoms with van der Waals surface area (Å²) in [5, 5.41) is 0. The fourth-order valence-corrected chi connectivity index (χ4v) is 2.67. The van der Waals surface area contributed by atoms with Gasteiger partial charge >= 0.3 is 0 Å². The van der Waals surface area contributed by atoms with Crippen molar-refractivity contribution >= 4 is 18.1 Å². The van der Waals surface area contributed by atoms with Gasteiger partial charge in [0.2, 0.25) is 0 Å². The summed E-state index contributed by atoms with van der Waals surface area (Å²) in [5.41, 5.74) is 7.92. The summed E-state index contributed by atoms with van der Waals surface area (Å²) in [6, 6.07) is 6.01. The zero-order valence-electron chi connectivity index (χ0n) is 10.3. The zero-order valence-corrected chi connectivity index (χ0v) is 11.1. The van der Waals surface area contributed by atoms with Crippen LogP contribution < -0.4 is 10.5 Å². The lowest BCUT2D eigenvalue weighted by molar-refractivity contribution is 0.0544. The lowest BCUT2D eigenvalue weighted by atomic mass is 9.73.